The number of nitrogens with one attached hydrogen (secondary N) is 1. The summed E-state index contributed by atoms with van der Waals surface area (Å²) in [7, 11) is 0. The standard InChI is InChI=1S/C15H17FN2O9/c1-6(20)13(25)10(5-19)27-15(8(3)22,14(13,26)7(2)21)18-4-9(16)11(23)17-12(18)24/h4,10,19,25-26H,5H2,1-3H3,(H,17,23,24)/t10-,13-,14-,15-/m1/s1. The number of halogens is 1. The molecule has 1 aliphatic rings. The van der Waals surface area contributed by atoms with Crippen LogP contribution in [0, 0.1) is 5.82 Å². The van der Waals surface area contributed by atoms with Gasteiger partial charge in [0.05, 0.1) is 12.8 Å². The highest BCUT2D eigenvalue weighted by Crippen LogP contribution is 2.51. The molecule has 0 bridgehead atoms. The fraction of sp³-hybridized carbons (Fsp3) is 0.533. The van der Waals surface area contributed by atoms with E-state index in [4.69, 9.17) is 4.74 Å². The van der Waals surface area contributed by atoms with E-state index in [1.54, 1.807) is 0 Å². The molecule has 4 atom stereocenters. The molecular formula is C15H17FN2O9. The maximum absolute atomic E-state index is 13.8. The van der Waals surface area contributed by atoms with Crippen LogP contribution < -0.4 is 11.2 Å². The van der Waals surface area contributed by atoms with Crippen LogP contribution in [0.1, 0.15) is 20.8 Å². The van der Waals surface area contributed by atoms with E-state index in [0.29, 0.717) is 6.92 Å². The number of H-pyrrole nitrogens is 1. The summed E-state index contributed by atoms with van der Waals surface area (Å²) in [6.07, 6.45) is -1.84. The Morgan fingerprint density at radius 1 is 1.19 bits per heavy atom. The summed E-state index contributed by atoms with van der Waals surface area (Å²) in [6.45, 7) is 1.04. The van der Waals surface area contributed by atoms with Crippen LogP contribution in [-0.4, -0.2) is 66.1 Å². The summed E-state index contributed by atoms with van der Waals surface area (Å²) in [5, 5.41) is 31.5. The monoisotopic (exact) mass is 388 g/mol. The average molecular weight is 388 g/mol. The van der Waals surface area contributed by atoms with Crippen LogP contribution in [0.4, 0.5) is 4.39 Å². The number of aliphatic hydroxyl groups excluding tert-OH is 1. The molecule has 1 fully saturated rings. The second-order valence-corrected chi connectivity index (χ2v) is 6.18. The first kappa shape index (κ1) is 20.8. The maximum atomic E-state index is 13.8. The lowest BCUT2D eigenvalue weighted by Gasteiger charge is -2.42. The topological polar surface area (TPSA) is 176 Å². The predicted octanol–water partition coefficient (Wildman–Crippen LogP) is -3.05. The minimum Gasteiger partial charge on any atom is -0.394 e. The quantitative estimate of drug-likeness (QED) is 0.408. The Balaban J connectivity index is 3.08. The zero-order chi connectivity index (χ0) is 20.9. The van der Waals surface area contributed by atoms with Crippen molar-refractivity contribution in [3.8, 4) is 0 Å². The summed E-state index contributed by atoms with van der Waals surface area (Å²) >= 11 is 0. The number of ether oxygens (including phenoxy) is 1. The van der Waals surface area contributed by atoms with Crippen LogP contribution in [0.5, 0.6) is 0 Å². The Bertz CT molecular complexity index is 953. The number of aliphatic hydroxyl groups is 3. The van der Waals surface area contributed by atoms with Crippen molar-refractivity contribution in [2.45, 2.75) is 43.8 Å². The first-order valence-electron chi connectivity index (χ1n) is 7.60. The molecule has 1 aromatic heterocycles. The molecule has 27 heavy (non-hydrogen) atoms. The lowest BCUT2D eigenvalue weighted by Crippen LogP contribution is -2.73. The SMILES string of the molecule is CC(=O)[C@@]1(O)[C@@](O)(C(C)=O)[C@@H](CO)O[C@@]1(C(C)=O)n1cc(F)c(=O)[nH]c1=O. The molecule has 1 aromatic rings. The maximum Gasteiger partial charge on any atom is 0.331 e. The first-order valence-corrected chi connectivity index (χ1v) is 7.60. The second-order valence-electron chi connectivity index (χ2n) is 6.18. The summed E-state index contributed by atoms with van der Waals surface area (Å²) in [6, 6.07) is 0. The van der Waals surface area contributed by atoms with Gasteiger partial charge in [0.15, 0.2) is 23.0 Å². The third kappa shape index (κ3) is 2.31. The van der Waals surface area contributed by atoms with Crippen molar-refractivity contribution in [3.63, 3.8) is 0 Å². The Hall–Kier alpha value is -2.54. The van der Waals surface area contributed by atoms with E-state index in [-0.39, 0.29) is 10.8 Å². The van der Waals surface area contributed by atoms with Gasteiger partial charge in [-0.05, 0) is 20.8 Å². The highest BCUT2D eigenvalue weighted by Gasteiger charge is 2.80. The number of nitrogens with zero attached hydrogens (tertiary/aromatic N) is 1. The van der Waals surface area contributed by atoms with E-state index in [1.165, 1.54) is 4.98 Å². The van der Waals surface area contributed by atoms with Gasteiger partial charge in [-0.25, -0.2) is 4.79 Å². The van der Waals surface area contributed by atoms with E-state index >= 15 is 0 Å². The first-order chi connectivity index (χ1) is 12.3. The van der Waals surface area contributed by atoms with Crippen molar-refractivity contribution in [2.75, 3.05) is 6.61 Å². The van der Waals surface area contributed by atoms with Crippen LogP contribution >= 0.6 is 0 Å². The van der Waals surface area contributed by atoms with Gasteiger partial charge in [0.2, 0.25) is 17.1 Å². The fourth-order valence-electron chi connectivity index (χ4n) is 3.45. The number of aromatic amines is 1. The molecule has 0 aromatic carbocycles. The van der Waals surface area contributed by atoms with Crippen molar-refractivity contribution in [3.05, 3.63) is 32.9 Å². The molecule has 0 saturated carbocycles. The predicted molar refractivity (Wildman–Crippen MR) is 83.2 cm³/mol. The van der Waals surface area contributed by atoms with Crippen molar-refractivity contribution in [1.29, 1.82) is 0 Å². The van der Waals surface area contributed by atoms with Gasteiger partial charge in [-0.15, -0.1) is 0 Å². The molecule has 12 heteroatoms. The van der Waals surface area contributed by atoms with E-state index in [9.17, 15) is 43.7 Å². The Kier molecular flexibility index (Phi) is 4.82. The molecule has 2 rings (SSSR count). The summed E-state index contributed by atoms with van der Waals surface area (Å²) in [5.41, 5.74) is -12.7. The Morgan fingerprint density at radius 2 is 1.74 bits per heavy atom. The number of aromatic nitrogens is 2. The van der Waals surface area contributed by atoms with Gasteiger partial charge in [0.1, 0.15) is 6.10 Å². The molecule has 2 heterocycles. The van der Waals surface area contributed by atoms with Crippen LogP contribution in [0.15, 0.2) is 15.8 Å². The lowest BCUT2D eigenvalue weighted by molar-refractivity contribution is -0.208. The number of Topliss-reactive ketones (excluding diaryl/α,β-unsaturated/α-hetero) is 3. The van der Waals surface area contributed by atoms with Crippen molar-refractivity contribution < 1.29 is 38.8 Å². The van der Waals surface area contributed by atoms with Gasteiger partial charge in [0, 0.05) is 0 Å². The number of carbonyl (C=O) groups is 3. The molecule has 1 aliphatic heterocycles. The average Bonchev–Trinajstić information content (AvgIpc) is 2.79. The van der Waals surface area contributed by atoms with E-state index < -0.39 is 64.1 Å². The molecular weight excluding hydrogens is 371 g/mol. The number of ketones is 3. The zero-order valence-corrected chi connectivity index (χ0v) is 14.5. The van der Waals surface area contributed by atoms with Gasteiger partial charge in [-0.3, -0.25) is 28.7 Å². The number of rotatable bonds is 5. The van der Waals surface area contributed by atoms with Gasteiger partial charge in [0.25, 0.3) is 5.56 Å². The molecule has 0 spiro atoms. The second kappa shape index (κ2) is 6.27. The normalized spacial score (nSPS) is 33.1. The van der Waals surface area contributed by atoms with Crippen LogP contribution in [0.25, 0.3) is 0 Å². The van der Waals surface area contributed by atoms with E-state index in [2.05, 4.69) is 0 Å². The fourth-order valence-corrected chi connectivity index (χ4v) is 3.45. The zero-order valence-electron chi connectivity index (χ0n) is 14.5. The molecule has 11 nitrogen and oxygen atoms in total. The molecule has 0 amide bonds. The Morgan fingerprint density at radius 3 is 2.15 bits per heavy atom. The summed E-state index contributed by atoms with van der Waals surface area (Å²) in [4.78, 5) is 62.0. The number of hydrogen-bond donors (Lipinski definition) is 4. The smallest absolute Gasteiger partial charge is 0.331 e. The summed E-state index contributed by atoms with van der Waals surface area (Å²) < 4.78 is 19.1. The molecule has 1 saturated heterocycles. The van der Waals surface area contributed by atoms with Crippen molar-refractivity contribution >= 4 is 17.3 Å². The Labute approximate surface area is 150 Å². The van der Waals surface area contributed by atoms with Gasteiger partial charge >= 0.3 is 5.69 Å². The van der Waals surface area contributed by atoms with Gasteiger partial charge < -0.3 is 20.1 Å². The third-order valence-electron chi connectivity index (χ3n) is 4.75. The number of hydrogen-bond acceptors (Lipinski definition) is 9. The van der Waals surface area contributed by atoms with Gasteiger partial charge in [-0.1, -0.05) is 0 Å². The highest BCUT2D eigenvalue weighted by molar-refractivity contribution is 6.04. The molecule has 0 radical (unpaired) electrons. The highest BCUT2D eigenvalue weighted by atomic mass is 19.1. The van der Waals surface area contributed by atoms with E-state index in [0.717, 1.165) is 13.8 Å². The molecule has 0 unspecified atom stereocenters. The largest absolute Gasteiger partial charge is 0.394 e. The molecule has 4 N–H and O–H groups in total. The molecule has 0 aliphatic carbocycles. The number of carbonyl (C=O) groups excluding carboxylic acids is 3. The third-order valence-corrected chi connectivity index (χ3v) is 4.75. The minimum atomic E-state index is -3.43. The summed E-state index contributed by atoms with van der Waals surface area (Å²) in [5.74, 6) is -5.52. The lowest BCUT2D eigenvalue weighted by atomic mass is 9.69. The van der Waals surface area contributed by atoms with Crippen LogP contribution in [0.2, 0.25) is 0 Å². The van der Waals surface area contributed by atoms with Crippen LogP contribution in [-0.2, 0) is 24.8 Å². The van der Waals surface area contributed by atoms with Crippen molar-refractivity contribution in [1.82, 2.24) is 9.55 Å². The minimum absolute atomic E-state index is 0.0665. The molecule has 148 valence electrons. The van der Waals surface area contributed by atoms with Crippen LogP contribution in [0.3, 0.4) is 0 Å². The van der Waals surface area contributed by atoms with Crippen molar-refractivity contribution in [2.24, 2.45) is 0 Å². The van der Waals surface area contributed by atoms with Gasteiger partial charge in [-0.2, -0.15) is 4.39 Å². The van der Waals surface area contributed by atoms with E-state index in [1.807, 2.05) is 0 Å².